The summed E-state index contributed by atoms with van der Waals surface area (Å²) in [5, 5.41) is 23.3. The van der Waals surface area contributed by atoms with Crippen molar-refractivity contribution in [2.45, 2.75) is 463 Å². The van der Waals surface area contributed by atoms with E-state index in [2.05, 4.69) is 43.5 Å². The van der Waals surface area contributed by atoms with Crippen LogP contribution in [0.1, 0.15) is 450 Å². The van der Waals surface area contributed by atoms with Gasteiger partial charge >= 0.3 is 0 Å². The van der Waals surface area contributed by atoms with Crippen LogP contribution < -0.4 is 5.32 Å². The summed E-state index contributed by atoms with van der Waals surface area (Å²) in [6.07, 6.45) is 106. The van der Waals surface area contributed by atoms with Gasteiger partial charge < -0.3 is 15.5 Å². The molecule has 0 rings (SSSR count). The van der Waals surface area contributed by atoms with Crippen LogP contribution in [0.5, 0.6) is 0 Å². The fraction of sp³-hybridized carbons (Fsp3) is 0.912. The van der Waals surface area contributed by atoms with E-state index in [0.29, 0.717) is 6.42 Å². The molecule has 0 aromatic rings. The summed E-state index contributed by atoms with van der Waals surface area (Å²) in [6.45, 7) is 4.35. The van der Waals surface area contributed by atoms with E-state index >= 15 is 0 Å². The molecule has 0 spiro atoms. The number of rotatable bonds is 74. The molecular formula is C80H155NO3. The fourth-order valence-corrected chi connectivity index (χ4v) is 12.7. The lowest BCUT2D eigenvalue weighted by molar-refractivity contribution is -0.123. The quantitative estimate of drug-likeness (QED) is 0.0420. The largest absolute Gasteiger partial charge is 0.394 e. The van der Waals surface area contributed by atoms with E-state index in [1.807, 2.05) is 6.08 Å². The topological polar surface area (TPSA) is 69.6 Å². The Morgan fingerprint density at radius 3 is 0.690 bits per heavy atom. The zero-order chi connectivity index (χ0) is 60.5. The summed E-state index contributed by atoms with van der Waals surface area (Å²) < 4.78 is 0. The molecular weight excluding hydrogens is 1020 g/mol. The van der Waals surface area contributed by atoms with Crippen LogP contribution in [-0.2, 0) is 4.79 Å². The molecule has 4 heteroatoms. The second kappa shape index (κ2) is 75.9. The molecule has 1 amide bonds. The molecule has 84 heavy (non-hydrogen) atoms. The van der Waals surface area contributed by atoms with Crippen molar-refractivity contribution in [3.05, 3.63) is 36.5 Å². The molecule has 4 nitrogen and oxygen atoms in total. The Labute approximate surface area is 529 Å². The molecule has 0 saturated carbocycles. The molecule has 2 unspecified atom stereocenters. The van der Waals surface area contributed by atoms with Gasteiger partial charge in [0.25, 0.3) is 0 Å². The van der Waals surface area contributed by atoms with Crippen LogP contribution in [0.4, 0.5) is 0 Å². The van der Waals surface area contributed by atoms with Crippen molar-refractivity contribution >= 4 is 5.91 Å². The lowest BCUT2D eigenvalue weighted by atomic mass is 10.0. The van der Waals surface area contributed by atoms with Crippen molar-refractivity contribution in [3.8, 4) is 0 Å². The van der Waals surface area contributed by atoms with Gasteiger partial charge in [0, 0.05) is 6.42 Å². The predicted octanol–water partition coefficient (Wildman–Crippen LogP) is 27.1. The molecule has 0 aromatic carbocycles. The van der Waals surface area contributed by atoms with E-state index in [9.17, 15) is 15.0 Å². The highest BCUT2D eigenvalue weighted by atomic mass is 16.3. The van der Waals surface area contributed by atoms with E-state index in [1.54, 1.807) is 6.08 Å². The van der Waals surface area contributed by atoms with Crippen LogP contribution in [-0.4, -0.2) is 34.9 Å². The second-order valence-corrected chi connectivity index (χ2v) is 27.1. The minimum Gasteiger partial charge on any atom is -0.394 e. The third kappa shape index (κ3) is 71.4. The molecule has 0 heterocycles. The lowest BCUT2D eigenvalue weighted by Crippen LogP contribution is -2.45. The van der Waals surface area contributed by atoms with Gasteiger partial charge in [-0.25, -0.2) is 0 Å². The summed E-state index contributed by atoms with van der Waals surface area (Å²) in [4.78, 5) is 12.6. The van der Waals surface area contributed by atoms with Gasteiger partial charge in [-0.3, -0.25) is 4.79 Å². The molecule has 0 saturated heterocycles. The van der Waals surface area contributed by atoms with Gasteiger partial charge in [0.15, 0.2) is 0 Å². The second-order valence-electron chi connectivity index (χ2n) is 27.1. The fourth-order valence-electron chi connectivity index (χ4n) is 12.7. The Balaban J connectivity index is 3.42. The first-order valence-corrected chi connectivity index (χ1v) is 39.2. The van der Waals surface area contributed by atoms with Crippen molar-refractivity contribution < 1.29 is 15.0 Å². The van der Waals surface area contributed by atoms with E-state index in [4.69, 9.17) is 0 Å². The first kappa shape index (κ1) is 82.6. The van der Waals surface area contributed by atoms with Gasteiger partial charge in [-0.05, 0) is 44.9 Å². The highest BCUT2D eigenvalue weighted by Crippen LogP contribution is 2.20. The number of aliphatic hydroxyl groups is 2. The highest BCUT2D eigenvalue weighted by Gasteiger charge is 2.18. The number of carbonyl (C=O) groups is 1. The van der Waals surface area contributed by atoms with Crippen LogP contribution in [0.15, 0.2) is 36.5 Å². The Hall–Kier alpha value is -1.39. The Kier molecular flexibility index (Phi) is 74.6. The first-order valence-electron chi connectivity index (χ1n) is 39.2. The number of amides is 1. The number of hydrogen-bond acceptors (Lipinski definition) is 3. The Morgan fingerprint density at radius 1 is 0.274 bits per heavy atom. The highest BCUT2D eigenvalue weighted by molar-refractivity contribution is 5.76. The summed E-state index contributed by atoms with van der Waals surface area (Å²) in [6, 6.07) is -0.646. The number of nitrogens with one attached hydrogen (secondary N) is 1. The van der Waals surface area contributed by atoms with Gasteiger partial charge in [-0.2, -0.15) is 0 Å². The molecule has 2 atom stereocenters. The first-order chi connectivity index (χ1) is 41.7. The smallest absolute Gasteiger partial charge is 0.220 e. The van der Waals surface area contributed by atoms with Crippen LogP contribution in [0.3, 0.4) is 0 Å². The van der Waals surface area contributed by atoms with Crippen LogP contribution in [0.2, 0.25) is 0 Å². The predicted molar refractivity (Wildman–Crippen MR) is 378 cm³/mol. The molecule has 0 aliphatic heterocycles. The van der Waals surface area contributed by atoms with E-state index in [-0.39, 0.29) is 12.5 Å². The third-order valence-corrected chi connectivity index (χ3v) is 18.6. The van der Waals surface area contributed by atoms with E-state index in [1.165, 1.54) is 392 Å². The molecule has 498 valence electrons. The van der Waals surface area contributed by atoms with Crippen molar-refractivity contribution in [1.29, 1.82) is 0 Å². The standard InChI is InChI=1S/C80H155NO3/c1-3-5-7-9-11-13-15-17-19-21-23-25-27-29-31-33-35-37-38-39-40-41-42-44-46-48-50-52-54-56-58-60-62-64-66-68-70-72-74-76-80(84)81-78(77-82)79(83)75-73-71-69-67-65-63-61-59-57-55-53-51-49-47-45-43-36-34-32-30-28-26-24-22-20-18-16-14-12-10-8-6-4-2/h57,59,65,67,73,75,78-79,82-83H,3-56,58,60-64,66,68-72,74,76-77H2,1-2H3,(H,81,84)/b59-57+,67-65+,75-73+. The van der Waals surface area contributed by atoms with Crippen molar-refractivity contribution in [3.63, 3.8) is 0 Å². The number of allylic oxidation sites excluding steroid dienone is 5. The van der Waals surface area contributed by atoms with Gasteiger partial charge in [0.1, 0.15) is 0 Å². The monoisotopic (exact) mass is 1180 g/mol. The summed E-state index contributed by atoms with van der Waals surface area (Å²) >= 11 is 0. The minimum atomic E-state index is -0.871. The van der Waals surface area contributed by atoms with Gasteiger partial charge in [-0.15, -0.1) is 0 Å². The maximum atomic E-state index is 12.6. The van der Waals surface area contributed by atoms with Gasteiger partial charge in [0.05, 0.1) is 18.8 Å². The maximum Gasteiger partial charge on any atom is 0.220 e. The number of carbonyl (C=O) groups excluding carboxylic acids is 1. The van der Waals surface area contributed by atoms with Crippen LogP contribution in [0.25, 0.3) is 0 Å². The van der Waals surface area contributed by atoms with E-state index in [0.717, 1.165) is 38.5 Å². The number of unbranched alkanes of at least 4 members (excludes halogenated alkanes) is 63. The van der Waals surface area contributed by atoms with E-state index < -0.39 is 12.1 Å². The van der Waals surface area contributed by atoms with Crippen LogP contribution >= 0.6 is 0 Å². The van der Waals surface area contributed by atoms with Crippen molar-refractivity contribution in [1.82, 2.24) is 5.32 Å². The molecule has 0 radical (unpaired) electrons. The molecule has 0 bridgehead atoms. The molecule has 0 aromatic heterocycles. The van der Waals surface area contributed by atoms with Gasteiger partial charge in [-0.1, -0.05) is 436 Å². The number of aliphatic hydroxyl groups excluding tert-OH is 2. The number of hydrogen-bond donors (Lipinski definition) is 3. The lowest BCUT2D eigenvalue weighted by Gasteiger charge is -2.19. The molecule has 0 fully saturated rings. The molecule has 0 aliphatic carbocycles. The SMILES string of the molecule is CCCCCCCCCCCCCCCCCCCCCCCCC/C=C/CC/C=C/CC/C=C/C(O)C(CO)NC(=O)CCCCCCCCCCCCCCCCCCCCCCCCCCCCCCCCCCCCCCCCC. The molecule has 0 aliphatic rings. The average Bonchev–Trinajstić information content (AvgIpc) is 3.51. The molecule has 3 N–H and O–H groups in total. The third-order valence-electron chi connectivity index (χ3n) is 18.6. The summed E-state index contributed by atoms with van der Waals surface area (Å²) in [5.41, 5.74) is 0. The normalized spacial score (nSPS) is 12.8. The van der Waals surface area contributed by atoms with Crippen molar-refractivity contribution in [2.24, 2.45) is 0 Å². The zero-order valence-electron chi connectivity index (χ0n) is 57.7. The Morgan fingerprint density at radius 2 is 0.464 bits per heavy atom. The maximum absolute atomic E-state index is 12.6. The summed E-state index contributed by atoms with van der Waals surface area (Å²) in [5.74, 6) is -0.0683. The minimum absolute atomic E-state index is 0.0683. The van der Waals surface area contributed by atoms with Crippen LogP contribution in [0, 0.1) is 0 Å². The summed E-state index contributed by atoms with van der Waals surface area (Å²) in [7, 11) is 0. The van der Waals surface area contributed by atoms with Gasteiger partial charge in [0.2, 0.25) is 5.91 Å². The van der Waals surface area contributed by atoms with Crippen molar-refractivity contribution in [2.75, 3.05) is 6.61 Å². The zero-order valence-corrected chi connectivity index (χ0v) is 57.7. The Bertz CT molecular complexity index is 1290. The average molecular weight is 1180 g/mol.